The van der Waals surface area contributed by atoms with Crippen LogP contribution in [0.1, 0.15) is 36.2 Å². The lowest BCUT2D eigenvalue weighted by molar-refractivity contribution is 0.111. The van der Waals surface area contributed by atoms with Gasteiger partial charge in [0, 0.05) is 19.3 Å². The number of hydrogen-bond acceptors (Lipinski definition) is 3. The van der Waals surface area contributed by atoms with E-state index in [1.54, 1.807) is 12.3 Å². The molecule has 0 spiro atoms. The number of nitrogens with zero attached hydrogens (tertiary/aromatic N) is 2. The number of anilines is 1. The second kappa shape index (κ2) is 5.30. The second-order valence-electron chi connectivity index (χ2n) is 4.08. The minimum atomic E-state index is 0.448. The fourth-order valence-electron chi connectivity index (χ4n) is 2.06. The van der Waals surface area contributed by atoms with E-state index < -0.39 is 0 Å². The molecule has 0 atom stereocenters. The number of rotatable bonds is 2. The molecule has 1 aromatic heterocycles. The number of aromatic nitrogens is 1. The van der Waals surface area contributed by atoms with E-state index in [1.165, 1.54) is 25.7 Å². The lowest BCUT2D eigenvalue weighted by Gasteiger charge is -2.23. The van der Waals surface area contributed by atoms with Gasteiger partial charge < -0.3 is 4.90 Å². The van der Waals surface area contributed by atoms with Crippen molar-refractivity contribution in [3.05, 3.63) is 23.0 Å². The molecule has 2 heterocycles. The lowest BCUT2D eigenvalue weighted by atomic mass is 10.2. The van der Waals surface area contributed by atoms with Crippen LogP contribution in [-0.2, 0) is 0 Å². The fraction of sp³-hybridized carbons (Fsp3) is 0.500. The summed E-state index contributed by atoms with van der Waals surface area (Å²) in [6, 6.07) is 1.78. The maximum Gasteiger partial charge on any atom is 0.168 e. The first-order valence-corrected chi connectivity index (χ1v) is 6.05. The zero-order chi connectivity index (χ0) is 11.4. The van der Waals surface area contributed by atoms with Crippen LogP contribution >= 0.6 is 11.6 Å². The molecular formula is C12H15ClN2O. The molecular weight excluding hydrogens is 224 g/mol. The summed E-state index contributed by atoms with van der Waals surface area (Å²) in [5.74, 6) is 0. The summed E-state index contributed by atoms with van der Waals surface area (Å²) in [4.78, 5) is 16.9. The van der Waals surface area contributed by atoms with Crippen molar-refractivity contribution in [2.24, 2.45) is 0 Å². The van der Waals surface area contributed by atoms with Crippen molar-refractivity contribution in [3.8, 4) is 0 Å². The van der Waals surface area contributed by atoms with Gasteiger partial charge >= 0.3 is 0 Å². The van der Waals surface area contributed by atoms with Gasteiger partial charge in [-0.3, -0.25) is 9.78 Å². The minimum Gasteiger partial charge on any atom is -0.370 e. The summed E-state index contributed by atoms with van der Waals surface area (Å²) in [6.07, 6.45) is 7.26. The van der Waals surface area contributed by atoms with Gasteiger partial charge in [0.25, 0.3) is 0 Å². The van der Waals surface area contributed by atoms with Gasteiger partial charge in [-0.05, 0) is 18.9 Å². The van der Waals surface area contributed by atoms with E-state index in [0.29, 0.717) is 10.7 Å². The molecule has 86 valence electrons. The van der Waals surface area contributed by atoms with Crippen molar-refractivity contribution >= 4 is 23.6 Å². The first-order chi connectivity index (χ1) is 7.81. The summed E-state index contributed by atoms with van der Waals surface area (Å²) in [5.41, 5.74) is 1.39. The number of hydrogen-bond donors (Lipinski definition) is 0. The van der Waals surface area contributed by atoms with Crippen LogP contribution in [0, 0.1) is 0 Å². The van der Waals surface area contributed by atoms with Crippen molar-refractivity contribution in [1.29, 1.82) is 0 Å². The summed E-state index contributed by atoms with van der Waals surface area (Å²) in [7, 11) is 0. The van der Waals surface area contributed by atoms with Crippen LogP contribution < -0.4 is 4.90 Å². The number of carbonyl (C=O) groups is 1. The molecule has 2 rings (SSSR count). The molecule has 1 saturated heterocycles. The summed E-state index contributed by atoms with van der Waals surface area (Å²) in [6.45, 7) is 2.03. The van der Waals surface area contributed by atoms with Crippen molar-refractivity contribution in [3.63, 3.8) is 0 Å². The van der Waals surface area contributed by atoms with Crippen molar-refractivity contribution in [1.82, 2.24) is 4.98 Å². The molecule has 16 heavy (non-hydrogen) atoms. The molecule has 0 N–H and O–H groups in total. The molecule has 0 aliphatic carbocycles. The van der Waals surface area contributed by atoms with E-state index in [4.69, 9.17) is 11.6 Å². The van der Waals surface area contributed by atoms with E-state index in [0.717, 1.165) is 25.1 Å². The molecule has 0 unspecified atom stereocenters. The monoisotopic (exact) mass is 238 g/mol. The molecule has 1 aromatic rings. The van der Waals surface area contributed by atoms with Crippen molar-refractivity contribution in [2.45, 2.75) is 25.7 Å². The van der Waals surface area contributed by atoms with Gasteiger partial charge in [0.05, 0.1) is 10.7 Å². The quantitative estimate of drug-likeness (QED) is 0.743. The molecule has 1 aliphatic heterocycles. The molecule has 0 aromatic carbocycles. The Kier molecular flexibility index (Phi) is 3.78. The van der Waals surface area contributed by atoms with Crippen LogP contribution in [0.3, 0.4) is 0 Å². The fourth-order valence-corrected chi connectivity index (χ4v) is 2.28. The Hall–Kier alpha value is -1.09. The Bertz CT molecular complexity index is 373. The zero-order valence-corrected chi connectivity index (χ0v) is 9.91. The van der Waals surface area contributed by atoms with E-state index in [1.807, 2.05) is 0 Å². The largest absolute Gasteiger partial charge is 0.370 e. The molecule has 0 amide bonds. The van der Waals surface area contributed by atoms with Gasteiger partial charge in [-0.25, -0.2) is 0 Å². The van der Waals surface area contributed by atoms with E-state index in [-0.39, 0.29) is 0 Å². The lowest BCUT2D eigenvalue weighted by Crippen LogP contribution is -2.24. The number of carbonyl (C=O) groups excluding carboxylic acids is 1. The Labute approximate surface area is 100 Å². The second-order valence-corrected chi connectivity index (χ2v) is 4.49. The summed E-state index contributed by atoms with van der Waals surface area (Å²) >= 11 is 6.12. The normalized spacial score (nSPS) is 16.9. The van der Waals surface area contributed by atoms with Gasteiger partial charge in [-0.1, -0.05) is 24.4 Å². The molecule has 0 bridgehead atoms. The van der Waals surface area contributed by atoms with Gasteiger partial charge in [-0.15, -0.1) is 0 Å². The highest BCUT2D eigenvalue weighted by Crippen LogP contribution is 2.27. The first kappa shape index (κ1) is 11.4. The Morgan fingerprint density at radius 3 is 2.56 bits per heavy atom. The highest BCUT2D eigenvalue weighted by atomic mass is 35.5. The van der Waals surface area contributed by atoms with Gasteiger partial charge in [0.2, 0.25) is 0 Å². The molecule has 1 aliphatic rings. The molecule has 0 saturated carbocycles. The van der Waals surface area contributed by atoms with Crippen molar-refractivity contribution < 1.29 is 4.79 Å². The standard InChI is InChI=1S/C12H15ClN2O/c13-11-8-14-10(9-16)7-12(11)15-5-3-1-2-4-6-15/h7-9H,1-6H2. The first-order valence-electron chi connectivity index (χ1n) is 5.67. The predicted molar refractivity (Wildman–Crippen MR) is 65.3 cm³/mol. The molecule has 0 radical (unpaired) electrons. The van der Waals surface area contributed by atoms with Crippen LogP contribution in [0.2, 0.25) is 5.02 Å². The van der Waals surface area contributed by atoms with Gasteiger partial charge in [0.15, 0.2) is 6.29 Å². The SMILES string of the molecule is O=Cc1cc(N2CCCCCC2)c(Cl)cn1. The highest BCUT2D eigenvalue weighted by molar-refractivity contribution is 6.33. The van der Waals surface area contributed by atoms with E-state index in [2.05, 4.69) is 9.88 Å². The minimum absolute atomic E-state index is 0.448. The van der Waals surface area contributed by atoms with E-state index >= 15 is 0 Å². The van der Waals surface area contributed by atoms with Crippen LogP contribution in [0.15, 0.2) is 12.3 Å². The highest BCUT2D eigenvalue weighted by Gasteiger charge is 2.13. The average molecular weight is 239 g/mol. The Balaban J connectivity index is 2.26. The maximum atomic E-state index is 10.7. The van der Waals surface area contributed by atoms with Gasteiger partial charge in [0.1, 0.15) is 5.69 Å². The van der Waals surface area contributed by atoms with E-state index in [9.17, 15) is 4.79 Å². The number of pyridine rings is 1. The van der Waals surface area contributed by atoms with Crippen LogP contribution in [0.4, 0.5) is 5.69 Å². The summed E-state index contributed by atoms with van der Waals surface area (Å²) < 4.78 is 0. The zero-order valence-electron chi connectivity index (χ0n) is 9.16. The third kappa shape index (κ3) is 2.53. The Morgan fingerprint density at radius 1 is 1.25 bits per heavy atom. The third-order valence-electron chi connectivity index (χ3n) is 2.92. The van der Waals surface area contributed by atoms with Crippen LogP contribution in [0.5, 0.6) is 0 Å². The molecule has 4 heteroatoms. The van der Waals surface area contributed by atoms with Crippen molar-refractivity contribution in [2.75, 3.05) is 18.0 Å². The average Bonchev–Trinajstić information content (AvgIpc) is 2.58. The molecule has 3 nitrogen and oxygen atoms in total. The Morgan fingerprint density at radius 2 is 1.94 bits per heavy atom. The maximum absolute atomic E-state index is 10.7. The number of halogens is 1. The predicted octanol–water partition coefficient (Wildman–Crippen LogP) is 2.93. The van der Waals surface area contributed by atoms with Gasteiger partial charge in [-0.2, -0.15) is 0 Å². The molecule has 1 fully saturated rings. The van der Waals surface area contributed by atoms with Crippen LogP contribution in [-0.4, -0.2) is 24.4 Å². The summed E-state index contributed by atoms with van der Waals surface area (Å²) in [5, 5.41) is 0.632. The van der Waals surface area contributed by atoms with Crippen LogP contribution in [0.25, 0.3) is 0 Å². The smallest absolute Gasteiger partial charge is 0.168 e. The third-order valence-corrected chi connectivity index (χ3v) is 3.21. The topological polar surface area (TPSA) is 33.2 Å². The number of aldehydes is 1.